The molecule has 0 unspecified atom stereocenters. The smallest absolute Gasteiger partial charge is 0.259 e. The van der Waals surface area contributed by atoms with Crippen molar-refractivity contribution in [1.82, 2.24) is 15.0 Å². The maximum atomic E-state index is 12.2. The highest BCUT2D eigenvalue weighted by Crippen LogP contribution is 2.25. The molecule has 0 atom stereocenters. The zero-order chi connectivity index (χ0) is 16.9. The van der Waals surface area contributed by atoms with Gasteiger partial charge >= 0.3 is 0 Å². The third kappa shape index (κ3) is 4.01. The van der Waals surface area contributed by atoms with Crippen LogP contribution in [0.1, 0.15) is 10.7 Å². The number of rotatable bonds is 6. The van der Waals surface area contributed by atoms with Crippen LogP contribution >= 0.6 is 22.9 Å². The Kier molecular flexibility index (Phi) is 5.27. The summed E-state index contributed by atoms with van der Waals surface area (Å²) in [7, 11) is 1.78. The Labute approximate surface area is 148 Å². The summed E-state index contributed by atoms with van der Waals surface area (Å²) in [5.41, 5.74) is 0.708. The molecule has 0 fully saturated rings. The zero-order valence-electron chi connectivity index (χ0n) is 13.1. The lowest BCUT2D eigenvalue weighted by Gasteiger charge is -2.15. The second-order valence-corrected chi connectivity index (χ2v) is 6.76. The largest absolute Gasteiger partial charge is 0.345 e. The summed E-state index contributed by atoms with van der Waals surface area (Å²) < 4.78 is 5.26. The van der Waals surface area contributed by atoms with E-state index in [-0.39, 0.29) is 5.91 Å². The van der Waals surface area contributed by atoms with E-state index in [0.717, 1.165) is 4.88 Å². The molecule has 1 aromatic carbocycles. The van der Waals surface area contributed by atoms with Gasteiger partial charge in [0.15, 0.2) is 5.82 Å². The number of thiophene rings is 1. The number of hydrogen-bond donors (Lipinski definition) is 0. The lowest BCUT2D eigenvalue weighted by Crippen LogP contribution is -2.30. The van der Waals surface area contributed by atoms with Gasteiger partial charge in [0.2, 0.25) is 5.91 Å². The first kappa shape index (κ1) is 16.7. The van der Waals surface area contributed by atoms with E-state index in [1.807, 2.05) is 35.7 Å². The topological polar surface area (TPSA) is 59.2 Å². The van der Waals surface area contributed by atoms with E-state index in [4.69, 9.17) is 16.1 Å². The van der Waals surface area contributed by atoms with Crippen molar-refractivity contribution in [3.63, 3.8) is 0 Å². The molecule has 7 heteroatoms. The van der Waals surface area contributed by atoms with Crippen LogP contribution in [-0.2, 0) is 17.6 Å². The van der Waals surface area contributed by atoms with Crippen molar-refractivity contribution >= 4 is 28.8 Å². The van der Waals surface area contributed by atoms with Crippen LogP contribution in [0.15, 0.2) is 46.3 Å². The van der Waals surface area contributed by atoms with Gasteiger partial charge in [-0.25, -0.2) is 0 Å². The summed E-state index contributed by atoms with van der Waals surface area (Å²) >= 11 is 7.71. The molecule has 24 heavy (non-hydrogen) atoms. The van der Waals surface area contributed by atoms with E-state index in [9.17, 15) is 4.79 Å². The minimum absolute atomic E-state index is 0.0762. The molecule has 2 aromatic heterocycles. The summed E-state index contributed by atoms with van der Waals surface area (Å²) in [6, 6.07) is 11.2. The number of aromatic nitrogens is 2. The van der Waals surface area contributed by atoms with Crippen molar-refractivity contribution in [2.75, 3.05) is 13.6 Å². The van der Waals surface area contributed by atoms with Crippen molar-refractivity contribution in [3.8, 4) is 11.5 Å². The zero-order valence-corrected chi connectivity index (χ0v) is 14.7. The lowest BCUT2D eigenvalue weighted by atomic mass is 10.2. The molecule has 0 saturated carbocycles. The molecule has 5 nitrogen and oxygen atoms in total. The molecule has 0 bridgehead atoms. The quantitative estimate of drug-likeness (QED) is 0.671. The number of likely N-dealkylation sites (N-methyl/N-ethyl adjacent to an activating group) is 1. The summed E-state index contributed by atoms with van der Waals surface area (Å²) in [5, 5.41) is 6.50. The van der Waals surface area contributed by atoms with Crippen molar-refractivity contribution in [2.24, 2.45) is 0 Å². The van der Waals surface area contributed by atoms with E-state index in [2.05, 4.69) is 10.1 Å². The number of carbonyl (C=O) groups is 1. The Morgan fingerprint density at radius 3 is 2.88 bits per heavy atom. The number of benzene rings is 1. The van der Waals surface area contributed by atoms with Gasteiger partial charge in [-0.15, -0.1) is 11.3 Å². The monoisotopic (exact) mass is 361 g/mol. The van der Waals surface area contributed by atoms with Crippen LogP contribution in [0.5, 0.6) is 0 Å². The summed E-state index contributed by atoms with van der Waals surface area (Å²) in [5.74, 6) is 1.02. The maximum absolute atomic E-state index is 12.2. The standard InChI is InChI=1S/C17H16ClN3O2S/c1-21(16(22)11-12-5-4-10-24-12)9-8-15-19-17(23-20-15)13-6-2-3-7-14(13)18/h2-7,10H,8-9,11H2,1H3. The number of nitrogens with zero attached hydrogens (tertiary/aromatic N) is 3. The lowest BCUT2D eigenvalue weighted by molar-refractivity contribution is -0.129. The molecule has 0 saturated heterocycles. The maximum Gasteiger partial charge on any atom is 0.259 e. The van der Waals surface area contributed by atoms with Crippen LogP contribution in [0.25, 0.3) is 11.5 Å². The first-order chi connectivity index (χ1) is 11.6. The minimum atomic E-state index is 0.0762. The fourth-order valence-electron chi connectivity index (χ4n) is 2.19. The first-order valence-corrected chi connectivity index (χ1v) is 8.73. The van der Waals surface area contributed by atoms with Gasteiger partial charge in [-0.1, -0.05) is 35.0 Å². The predicted molar refractivity (Wildman–Crippen MR) is 94.1 cm³/mol. The highest BCUT2D eigenvalue weighted by Gasteiger charge is 2.14. The minimum Gasteiger partial charge on any atom is -0.345 e. The van der Waals surface area contributed by atoms with E-state index in [1.54, 1.807) is 29.4 Å². The van der Waals surface area contributed by atoms with Gasteiger partial charge in [0.25, 0.3) is 5.89 Å². The van der Waals surface area contributed by atoms with Crippen molar-refractivity contribution in [1.29, 1.82) is 0 Å². The van der Waals surface area contributed by atoms with Crippen LogP contribution in [0.3, 0.4) is 0 Å². The van der Waals surface area contributed by atoms with Crippen LogP contribution in [0, 0.1) is 0 Å². The van der Waals surface area contributed by atoms with Gasteiger partial charge in [0.05, 0.1) is 17.0 Å². The molecular formula is C17H16ClN3O2S. The van der Waals surface area contributed by atoms with Crippen LogP contribution in [0.4, 0.5) is 0 Å². The van der Waals surface area contributed by atoms with Gasteiger partial charge in [0.1, 0.15) is 0 Å². The molecule has 0 aliphatic carbocycles. The molecule has 3 rings (SSSR count). The van der Waals surface area contributed by atoms with Crippen molar-refractivity contribution < 1.29 is 9.32 Å². The third-order valence-corrected chi connectivity index (χ3v) is 4.78. The highest BCUT2D eigenvalue weighted by atomic mass is 35.5. The van der Waals surface area contributed by atoms with Gasteiger partial charge < -0.3 is 9.42 Å². The second kappa shape index (κ2) is 7.59. The highest BCUT2D eigenvalue weighted by molar-refractivity contribution is 7.10. The molecule has 0 N–H and O–H groups in total. The Bertz CT molecular complexity index is 817. The summed E-state index contributed by atoms with van der Waals surface area (Å²) in [6.07, 6.45) is 0.950. The average molecular weight is 362 g/mol. The first-order valence-electron chi connectivity index (χ1n) is 7.47. The van der Waals surface area contributed by atoms with Gasteiger partial charge in [-0.05, 0) is 23.6 Å². The molecule has 3 aromatic rings. The van der Waals surface area contributed by atoms with Crippen LogP contribution < -0.4 is 0 Å². The van der Waals surface area contributed by atoms with E-state index >= 15 is 0 Å². The van der Waals surface area contributed by atoms with E-state index < -0.39 is 0 Å². The molecule has 0 spiro atoms. The van der Waals surface area contributed by atoms with Gasteiger partial charge in [-0.2, -0.15) is 4.98 Å². The van der Waals surface area contributed by atoms with Gasteiger partial charge in [0, 0.05) is 24.9 Å². The predicted octanol–water partition coefficient (Wildman–Crippen LogP) is 3.70. The molecule has 124 valence electrons. The third-order valence-electron chi connectivity index (χ3n) is 3.57. The molecule has 1 amide bonds. The summed E-state index contributed by atoms with van der Waals surface area (Å²) in [4.78, 5) is 19.3. The Hall–Kier alpha value is -2.18. The normalized spacial score (nSPS) is 10.8. The SMILES string of the molecule is CN(CCc1noc(-c2ccccc2Cl)n1)C(=O)Cc1cccs1. The Morgan fingerprint density at radius 1 is 1.29 bits per heavy atom. The van der Waals surface area contributed by atoms with Crippen molar-refractivity contribution in [3.05, 3.63) is 57.5 Å². The molecule has 0 aliphatic rings. The molecular weight excluding hydrogens is 346 g/mol. The molecule has 0 radical (unpaired) electrons. The fourth-order valence-corrected chi connectivity index (χ4v) is 3.10. The number of halogens is 1. The second-order valence-electron chi connectivity index (χ2n) is 5.32. The molecule has 2 heterocycles. The Morgan fingerprint density at radius 2 is 2.12 bits per heavy atom. The number of hydrogen-bond acceptors (Lipinski definition) is 5. The average Bonchev–Trinajstić information content (AvgIpc) is 3.24. The van der Waals surface area contributed by atoms with Crippen molar-refractivity contribution in [2.45, 2.75) is 12.8 Å². The fraction of sp³-hybridized carbons (Fsp3) is 0.235. The number of carbonyl (C=O) groups excluding carboxylic acids is 1. The Balaban J connectivity index is 1.57. The van der Waals surface area contributed by atoms with Gasteiger partial charge in [-0.3, -0.25) is 4.79 Å². The van der Waals surface area contributed by atoms with Crippen LogP contribution in [0.2, 0.25) is 5.02 Å². The van der Waals surface area contributed by atoms with Crippen LogP contribution in [-0.4, -0.2) is 34.5 Å². The summed E-state index contributed by atoms with van der Waals surface area (Å²) in [6.45, 7) is 0.533. The van der Waals surface area contributed by atoms with E-state index in [1.165, 1.54) is 0 Å². The van der Waals surface area contributed by atoms with E-state index in [0.29, 0.717) is 41.7 Å². The number of amides is 1. The molecule has 0 aliphatic heterocycles.